The maximum Gasteiger partial charge on any atom is 0.317 e. The van der Waals surface area contributed by atoms with Gasteiger partial charge < -0.3 is 10.2 Å². The zero-order valence-electron chi connectivity index (χ0n) is 14.9. The molecule has 1 aromatic heterocycles. The number of hydrogen-bond donors (Lipinski definition) is 1. The number of aromatic nitrogens is 2. The van der Waals surface area contributed by atoms with Gasteiger partial charge in [0.2, 0.25) is 0 Å². The molecule has 0 aliphatic carbocycles. The first-order valence-corrected chi connectivity index (χ1v) is 8.49. The molecular formula is C20H20F2N4O. The first kappa shape index (κ1) is 18.6. The van der Waals surface area contributed by atoms with Crippen molar-refractivity contribution in [2.45, 2.75) is 19.6 Å². The summed E-state index contributed by atoms with van der Waals surface area (Å²) in [5.41, 5.74) is 2.57. The summed E-state index contributed by atoms with van der Waals surface area (Å²) in [6.07, 6.45) is 3.62. The van der Waals surface area contributed by atoms with E-state index < -0.39 is 11.6 Å². The quantitative estimate of drug-likeness (QED) is 0.721. The van der Waals surface area contributed by atoms with Gasteiger partial charge in [0, 0.05) is 32.5 Å². The van der Waals surface area contributed by atoms with E-state index >= 15 is 0 Å². The van der Waals surface area contributed by atoms with Gasteiger partial charge in [-0.3, -0.25) is 4.68 Å². The number of nitrogens with one attached hydrogen (secondary N) is 1. The van der Waals surface area contributed by atoms with Crippen molar-refractivity contribution in [3.63, 3.8) is 0 Å². The summed E-state index contributed by atoms with van der Waals surface area (Å²) in [7, 11) is 1.60. The van der Waals surface area contributed by atoms with Gasteiger partial charge in [0.05, 0.1) is 6.54 Å². The van der Waals surface area contributed by atoms with Crippen molar-refractivity contribution in [3.8, 4) is 0 Å². The van der Waals surface area contributed by atoms with Gasteiger partial charge in [-0.1, -0.05) is 30.3 Å². The highest BCUT2D eigenvalue weighted by molar-refractivity contribution is 5.73. The van der Waals surface area contributed by atoms with E-state index in [4.69, 9.17) is 0 Å². The van der Waals surface area contributed by atoms with Crippen molar-refractivity contribution in [2.24, 2.45) is 0 Å². The Hall–Kier alpha value is -3.22. The lowest BCUT2D eigenvalue weighted by Gasteiger charge is -2.18. The minimum atomic E-state index is -0.921. The molecule has 0 unspecified atom stereocenters. The molecule has 5 nitrogen and oxygen atoms in total. The molecule has 27 heavy (non-hydrogen) atoms. The smallest absolute Gasteiger partial charge is 0.317 e. The van der Waals surface area contributed by atoms with Crippen LogP contribution in [-0.4, -0.2) is 27.8 Å². The predicted octanol–water partition coefficient (Wildman–Crippen LogP) is 3.55. The zero-order valence-corrected chi connectivity index (χ0v) is 14.9. The van der Waals surface area contributed by atoms with Crippen molar-refractivity contribution >= 4 is 6.03 Å². The molecular weight excluding hydrogens is 350 g/mol. The van der Waals surface area contributed by atoms with Crippen LogP contribution >= 0.6 is 0 Å². The van der Waals surface area contributed by atoms with E-state index in [1.807, 2.05) is 41.2 Å². The second-order valence-corrected chi connectivity index (χ2v) is 6.29. The topological polar surface area (TPSA) is 50.2 Å². The van der Waals surface area contributed by atoms with Gasteiger partial charge in [-0.05, 0) is 34.9 Å². The number of urea groups is 1. The molecule has 0 spiro atoms. The third-order valence-corrected chi connectivity index (χ3v) is 4.09. The highest BCUT2D eigenvalue weighted by Crippen LogP contribution is 2.11. The molecule has 2 aromatic carbocycles. The Bertz CT molecular complexity index is 912. The molecule has 1 heterocycles. The first-order chi connectivity index (χ1) is 13.0. The van der Waals surface area contributed by atoms with E-state index in [0.29, 0.717) is 18.7 Å². The zero-order chi connectivity index (χ0) is 19.2. The molecule has 2 amide bonds. The number of nitrogens with zero attached hydrogens (tertiary/aromatic N) is 3. The van der Waals surface area contributed by atoms with Crippen LogP contribution in [0.3, 0.4) is 0 Å². The van der Waals surface area contributed by atoms with E-state index in [1.165, 1.54) is 11.0 Å². The normalized spacial score (nSPS) is 10.6. The summed E-state index contributed by atoms with van der Waals surface area (Å²) in [4.78, 5) is 13.7. The van der Waals surface area contributed by atoms with Gasteiger partial charge in [-0.15, -0.1) is 0 Å². The highest BCUT2D eigenvalue weighted by atomic mass is 19.2. The highest BCUT2D eigenvalue weighted by Gasteiger charge is 2.11. The minimum Gasteiger partial charge on any atom is -0.334 e. The second kappa shape index (κ2) is 8.44. The summed E-state index contributed by atoms with van der Waals surface area (Å²) >= 11 is 0. The van der Waals surface area contributed by atoms with Crippen molar-refractivity contribution in [2.75, 3.05) is 7.05 Å². The van der Waals surface area contributed by atoms with Crippen LogP contribution in [0.2, 0.25) is 0 Å². The lowest BCUT2D eigenvalue weighted by Crippen LogP contribution is -2.36. The molecule has 3 aromatic rings. The van der Waals surface area contributed by atoms with E-state index in [9.17, 15) is 13.6 Å². The Morgan fingerprint density at radius 1 is 1.07 bits per heavy atom. The van der Waals surface area contributed by atoms with Gasteiger partial charge in [0.25, 0.3) is 0 Å². The Balaban J connectivity index is 1.54. The summed E-state index contributed by atoms with van der Waals surface area (Å²) < 4.78 is 28.1. The van der Waals surface area contributed by atoms with E-state index in [1.54, 1.807) is 13.2 Å². The third-order valence-electron chi connectivity index (χ3n) is 4.09. The molecule has 3 rings (SSSR count). The molecule has 140 valence electrons. The number of carbonyl (C=O) groups is 1. The van der Waals surface area contributed by atoms with Crippen LogP contribution in [-0.2, 0) is 19.6 Å². The van der Waals surface area contributed by atoms with Crippen molar-refractivity contribution in [3.05, 3.63) is 89.2 Å². The van der Waals surface area contributed by atoms with Crippen LogP contribution in [0.25, 0.3) is 0 Å². The van der Waals surface area contributed by atoms with Crippen LogP contribution in [0.4, 0.5) is 13.6 Å². The predicted molar refractivity (Wildman–Crippen MR) is 97.8 cm³/mol. The second-order valence-electron chi connectivity index (χ2n) is 6.29. The fraction of sp³-hybridized carbons (Fsp3) is 0.200. The van der Waals surface area contributed by atoms with Gasteiger partial charge in [-0.25, -0.2) is 13.6 Å². The van der Waals surface area contributed by atoms with Crippen molar-refractivity contribution < 1.29 is 13.6 Å². The molecule has 0 atom stereocenters. The van der Waals surface area contributed by atoms with Gasteiger partial charge >= 0.3 is 6.03 Å². The van der Waals surface area contributed by atoms with Gasteiger partial charge in [0.15, 0.2) is 11.6 Å². The largest absolute Gasteiger partial charge is 0.334 e. The molecule has 0 aliphatic heterocycles. The van der Waals surface area contributed by atoms with Crippen LogP contribution in [0.5, 0.6) is 0 Å². The Morgan fingerprint density at radius 2 is 1.89 bits per heavy atom. The van der Waals surface area contributed by atoms with Gasteiger partial charge in [0.1, 0.15) is 0 Å². The van der Waals surface area contributed by atoms with E-state index in [2.05, 4.69) is 10.4 Å². The summed E-state index contributed by atoms with van der Waals surface area (Å²) in [6.45, 7) is 1.21. The number of hydrogen-bond acceptors (Lipinski definition) is 2. The average Bonchev–Trinajstić information content (AvgIpc) is 3.16. The molecule has 0 saturated carbocycles. The Morgan fingerprint density at radius 3 is 2.63 bits per heavy atom. The minimum absolute atomic E-state index is 0.183. The van der Waals surface area contributed by atoms with Gasteiger partial charge in [-0.2, -0.15) is 5.10 Å². The van der Waals surface area contributed by atoms with E-state index in [0.717, 1.165) is 23.3 Å². The van der Waals surface area contributed by atoms with Crippen LogP contribution in [0, 0.1) is 11.6 Å². The molecule has 0 radical (unpaired) electrons. The monoisotopic (exact) mass is 370 g/mol. The summed E-state index contributed by atoms with van der Waals surface area (Å²) in [5, 5.41) is 7.01. The Labute approximate surface area is 156 Å². The standard InChI is InChI=1S/C20H20F2N4O/c1-25(13-17-6-7-18(21)19(22)11-17)20(27)23-12-15-4-2-5-16(10-15)14-26-9-3-8-24-26/h2-11H,12-14H2,1H3,(H,23,27). The maximum atomic E-state index is 13.3. The molecule has 0 fully saturated rings. The maximum absolute atomic E-state index is 13.3. The van der Waals surface area contributed by atoms with Crippen LogP contribution < -0.4 is 5.32 Å². The van der Waals surface area contributed by atoms with Crippen LogP contribution in [0.1, 0.15) is 16.7 Å². The number of amides is 2. The Kier molecular flexibility index (Phi) is 5.80. The fourth-order valence-electron chi connectivity index (χ4n) is 2.72. The first-order valence-electron chi connectivity index (χ1n) is 8.49. The number of benzene rings is 2. The van der Waals surface area contributed by atoms with Crippen molar-refractivity contribution in [1.29, 1.82) is 0 Å². The third kappa shape index (κ3) is 5.13. The average molecular weight is 370 g/mol. The van der Waals surface area contributed by atoms with Crippen LogP contribution in [0.15, 0.2) is 60.9 Å². The lowest BCUT2D eigenvalue weighted by atomic mass is 10.1. The van der Waals surface area contributed by atoms with E-state index in [-0.39, 0.29) is 12.6 Å². The fourth-order valence-corrected chi connectivity index (χ4v) is 2.72. The molecule has 0 aliphatic rings. The molecule has 0 saturated heterocycles. The number of halogens is 2. The molecule has 0 bridgehead atoms. The number of rotatable bonds is 6. The lowest BCUT2D eigenvalue weighted by molar-refractivity contribution is 0.206. The molecule has 7 heteroatoms. The SMILES string of the molecule is CN(Cc1ccc(F)c(F)c1)C(=O)NCc1cccc(Cn2cccn2)c1. The molecule has 1 N–H and O–H groups in total. The summed E-state index contributed by atoms with van der Waals surface area (Å²) in [5.74, 6) is -1.82. The number of carbonyl (C=O) groups excluding carboxylic acids is 1. The summed E-state index contributed by atoms with van der Waals surface area (Å²) in [6, 6.07) is 13.1. The van der Waals surface area contributed by atoms with Crippen molar-refractivity contribution in [1.82, 2.24) is 20.0 Å².